The molecule has 0 amide bonds. The summed E-state index contributed by atoms with van der Waals surface area (Å²) in [7, 11) is 0. The Bertz CT molecular complexity index is 160. The number of unbranched alkanes of at least 4 members (excludes halogenated alkanes) is 2. The molecule has 0 saturated carbocycles. The van der Waals surface area contributed by atoms with Crippen LogP contribution in [0.5, 0.6) is 0 Å². The lowest BCUT2D eigenvalue weighted by Crippen LogP contribution is -2.33. The lowest BCUT2D eigenvalue weighted by Gasteiger charge is -2.25. The Labute approximate surface area is 105 Å². The number of thioether (sulfide) groups is 1. The highest BCUT2D eigenvalue weighted by Crippen LogP contribution is 2.14. The zero-order valence-electron chi connectivity index (χ0n) is 10.7. The van der Waals surface area contributed by atoms with E-state index in [2.05, 4.69) is 23.6 Å². The zero-order chi connectivity index (χ0) is 11.6. The molecule has 0 aromatic heterocycles. The third kappa shape index (κ3) is 6.77. The van der Waals surface area contributed by atoms with Crippen LogP contribution in [0.15, 0.2) is 0 Å². The van der Waals surface area contributed by atoms with Gasteiger partial charge in [-0.2, -0.15) is 11.8 Å². The van der Waals surface area contributed by atoms with E-state index in [1.54, 1.807) is 0 Å². The number of rotatable bonds is 8. The zero-order valence-corrected chi connectivity index (χ0v) is 11.5. The Balaban J connectivity index is 1.87. The molecule has 2 nitrogen and oxygen atoms in total. The van der Waals surface area contributed by atoms with Crippen molar-refractivity contribution in [1.29, 1.82) is 0 Å². The van der Waals surface area contributed by atoms with Crippen molar-refractivity contribution in [2.24, 2.45) is 5.92 Å². The van der Waals surface area contributed by atoms with Gasteiger partial charge in [0.25, 0.3) is 0 Å². The molecular formula is C13H27NOS. The van der Waals surface area contributed by atoms with Crippen LogP contribution < -0.4 is 0 Å². The minimum Gasteiger partial charge on any atom is -0.396 e. The predicted molar refractivity (Wildman–Crippen MR) is 73.1 cm³/mol. The van der Waals surface area contributed by atoms with Gasteiger partial charge in [-0.3, -0.25) is 0 Å². The Hall–Kier alpha value is 0.270. The van der Waals surface area contributed by atoms with Gasteiger partial charge >= 0.3 is 0 Å². The van der Waals surface area contributed by atoms with Crippen LogP contribution in [0.25, 0.3) is 0 Å². The summed E-state index contributed by atoms with van der Waals surface area (Å²) in [5.41, 5.74) is 0. The van der Waals surface area contributed by atoms with Crippen LogP contribution >= 0.6 is 11.8 Å². The maximum atomic E-state index is 8.80. The summed E-state index contributed by atoms with van der Waals surface area (Å²) >= 11 is 2.09. The van der Waals surface area contributed by atoms with E-state index in [0.29, 0.717) is 12.5 Å². The second kappa shape index (κ2) is 9.32. The molecule has 0 aromatic carbocycles. The number of hydrogen-bond donors (Lipinski definition) is 1. The smallest absolute Gasteiger partial charge is 0.0433 e. The minimum atomic E-state index is 0.354. The standard InChI is InChI=1S/C13H27NOS/c1-13(6-10-15)5-3-2-4-7-14-8-11-16-12-9-14/h13,15H,2-12H2,1H3. The van der Waals surface area contributed by atoms with Gasteiger partial charge < -0.3 is 10.0 Å². The Kier molecular flexibility index (Phi) is 8.34. The molecule has 0 aromatic rings. The second-order valence-electron chi connectivity index (χ2n) is 4.92. The average Bonchev–Trinajstić information content (AvgIpc) is 2.30. The maximum Gasteiger partial charge on any atom is 0.0433 e. The molecule has 0 spiro atoms. The van der Waals surface area contributed by atoms with Crippen molar-refractivity contribution in [2.75, 3.05) is 37.7 Å². The molecule has 1 rings (SSSR count). The van der Waals surface area contributed by atoms with Gasteiger partial charge in [-0.1, -0.05) is 26.2 Å². The summed E-state index contributed by atoms with van der Waals surface area (Å²) < 4.78 is 0. The largest absolute Gasteiger partial charge is 0.396 e. The minimum absolute atomic E-state index is 0.354. The van der Waals surface area contributed by atoms with Crippen molar-refractivity contribution in [3.8, 4) is 0 Å². The van der Waals surface area contributed by atoms with E-state index in [9.17, 15) is 0 Å². The molecule has 1 fully saturated rings. The van der Waals surface area contributed by atoms with Crippen LogP contribution in [0.2, 0.25) is 0 Å². The van der Waals surface area contributed by atoms with E-state index in [0.717, 1.165) is 6.42 Å². The van der Waals surface area contributed by atoms with Crippen molar-refractivity contribution in [2.45, 2.75) is 39.0 Å². The first-order valence-electron chi connectivity index (χ1n) is 6.74. The fraction of sp³-hybridized carbons (Fsp3) is 1.00. The van der Waals surface area contributed by atoms with Crippen molar-refractivity contribution in [3.63, 3.8) is 0 Å². The Morgan fingerprint density at radius 1 is 1.12 bits per heavy atom. The molecule has 1 aliphatic heterocycles. The van der Waals surface area contributed by atoms with Crippen LogP contribution in [0, 0.1) is 5.92 Å². The fourth-order valence-electron chi connectivity index (χ4n) is 2.19. The van der Waals surface area contributed by atoms with E-state index >= 15 is 0 Å². The van der Waals surface area contributed by atoms with Crippen molar-refractivity contribution in [3.05, 3.63) is 0 Å². The Morgan fingerprint density at radius 2 is 1.88 bits per heavy atom. The third-order valence-corrected chi connectivity index (χ3v) is 4.34. The SMILES string of the molecule is CC(CCO)CCCCCN1CCSCC1. The van der Waals surface area contributed by atoms with Crippen molar-refractivity contribution >= 4 is 11.8 Å². The first-order valence-corrected chi connectivity index (χ1v) is 7.89. The van der Waals surface area contributed by atoms with Gasteiger partial charge in [0.15, 0.2) is 0 Å². The molecule has 96 valence electrons. The molecule has 0 radical (unpaired) electrons. The van der Waals surface area contributed by atoms with Crippen LogP contribution in [0.4, 0.5) is 0 Å². The quantitative estimate of drug-likeness (QED) is 0.665. The monoisotopic (exact) mass is 245 g/mol. The number of nitrogens with zero attached hydrogens (tertiary/aromatic N) is 1. The van der Waals surface area contributed by atoms with Gasteiger partial charge in [-0.15, -0.1) is 0 Å². The molecule has 3 heteroatoms. The molecule has 1 aliphatic rings. The van der Waals surface area contributed by atoms with Crippen LogP contribution in [0.1, 0.15) is 39.0 Å². The molecule has 1 atom stereocenters. The molecule has 1 saturated heterocycles. The van der Waals surface area contributed by atoms with Gasteiger partial charge in [0.2, 0.25) is 0 Å². The lowest BCUT2D eigenvalue weighted by atomic mass is 10.0. The maximum absolute atomic E-state index is 8.80. The summed E-state index contributed by atoms with van der Waals surface area (Å²) in [6, 6.07) is 0. The van der Waals surface area contributed by atoms with Crippen molar-refractivity contribution in [1.82, 2.24) is 4.90 Å². The van der Waals surface area contributed by atoms with E-state index in [1.165, 1.54) is 56.8 Å². The summed E-state index contributed by atoms with van der Waals surface area (Å²) in [4.78, 5) is 2.60. The van der Waals surface area contributed by atoms with Crippen molar-refractivity contribution < 1.29 is 5.11 Å². The van der Waals surface area contributed by atoms with Crippen LogP contribution in [-0.4, -0.2) is 47.8 Å². The number of aliphatic hydroxyl groups is 1. The first kappa shape index (κ1) is 14.3. The van der Waals surface area contributed by atoms with Gasteiger partial charge in [-0.05, 0) is 25.3 Å². The topological polar surface area (TPSA) is 23.5 Å². The number of hydrogen-bond acceptors (Lipinski definition) is 3. The normalized spacial score (nSPS) is 19.9. The first-order chi connectivity index (χ1) is 7.83. The molecule has 1 N–H and O–H groups in total. The third-order valence-electron chi connectivity index (χ3n) is 3.40. The molecule has 1 heterocycles. The van der Waals surface area contributed by atoms with Gasteiger partial charge in [0, 0.05) is 31.2 Å². The van der Waals surface area contributed by atoms with Gasteiger partial charge in [-0.25, -0.2) is 0 Å². The summed E-state index contributed by atoms with van der Waals surface area (Å²) in [5.74, 6) is 3.36. The summed E-state index contributed by atoms with van der Waals surface area (Å²) in [6.45, 7) is 6.50. The lowest BCUT2D eigenvalue weighted by molar-refractivity contribution is 0.254. The molecule has 16 heavy (non-hydrogen) atoms. The van der Waals surface area contributed by atoms with E-state index in [1.807, 2.05) is 0 Å². The van der Waals surface area contributed by atoms with Crippen LogP contribution in [0.3, 0.4) is 0 Å². The van der Waals surface area contributed by atoms with Gasteiger partial charge in [0.05, 0.1) is 0 Å². The summed E-state index contributed by atoms with van der Waals surface area (Å²) in [5, 5.41) is 8.80. The summed E-state index contributed by atoms with van der Waals surface area (Å²) in [6.07, 6.45) is 6.32. The van der Waals surface area contributed by atoms with Crippen LogP contribution in [-0.2, 0) is 0 Å². The Morgan fingerprint density at radius 3 is 2.56 bits per heavy atom. The predicted octanol–water partition coefficient (Wildman–Crippen LogP) is 2.61. The molecule has 0 bridgehead atoms. The van der Waals surface area contributed by atoms with E-state index in [-0.39, 0.29) is 0 Å². The van der Waals surface area contributed by atoms with E-state index < -0.39 is 0 Å². The highest BCUT2D eigenvalue weighted by Gasteiger charge is 2.09. The van der Waals surface area contributed by atoms with Gasteiger partial charge in [0.1, 0.15) is 0 Å². The molecular weight excluding hydrogens is 218 g/mol. The van der Waals surface area contributed by atoms with E-state index in [4.69, 9.17) is 5.11 Å². The molecule has 0 aliphatic carbocycles. The highest BCUT2D eigenvalue weighted by molar-refractivity contribution is 7.99. The fourth-order valence-corrected chi connectivity index (χ4v) is 3.17. The number of aliphatic hydroxyl groups excluding tert-OH is 1. The second-order valence-corrected chi connectivity index (χ2v) is 6.15. The molecule has 1 unspecified atom stereocenters. The average molecular weight is 245 g/mol. The highest BCUT2D eigenvalue weighted by atomic mass is 32.2.